The fourth-order valence-electron chi connectivity index (χ4n) is 6.45. The minimum Gasteiger partial charge on any atom is -0.360 e. The second-order valence-electron chi connectivity index (χ2n) is 9.00. The summed E-state index contributed by atoms with van der Waals surface area (Å²) in [5.41, 5.74) is 3.29. The number of carbonyl (C=O) groups is 1. The topological polar surface area (TPSA) is 29.5 Å². The van der Waals surface area contributed by atoms with Crippen LogP contribution in [-0.4, -0.2) is 27.6 Å². The summed E-state index contributed by atoms with van der Waals surface area (Å²) in [7, 11) is 0.117. The van der Waals surface area contributed by atoms with Gasteiger partial charge in [-0.1, -0.05) is 75.8 Å². The van der Waals surface area contributed by atoms with Gasteiger partial charge >= 0.3 is 0 Å². The van der Waals surface area contributed by atoms with E-state index in [1.54, 1.807) is 4.90 Å². The van der Waals surface area contributed by atoms with E-state index < -0.39 is 13.7 Å². The van der Waals surface area contributed by atoms with Gasteiger partial charge in [0.1, 0.15) is 0 Å². The number of amides is 1. The van der Waals surface area contributed by atoms with Crippen LogP contribution in [0.2, 0.25) is 27.2 Å². The van der Waals surface area contributed by atoms with Crippen LogP contribution in [0, 0.1) is 0 Å². The number of likely N-dealkylation sites (N-methyl/N-ethyl adjacent to an activating group) is 1. The SMILES string of the molecule is CC(C)[Si](C(C)C)(C(C)C)[C@@H]1CO[C@@]2(C1)C(=O)N(C)c1cccc(Cl)c12. The molecule has 0 bridgehead atoms. The molecule has 1 amide bonds. The summed E-state index contributed by atoms with van der Waals surface area (Å²) in [6.07, 6.45) is 0.771. The molecule has 1 aromatic rings. The molecule has 1 fully saturated rings. The number of rotatable bonds is 4. The minimum atomic E-state index is -1.72. The maximum Gasteiger partial charge on any atom is 0.263 e. The van der Waals surface area contributed by atoms with Crippen molar-refractivity contribution in [2.45, 2.75) is 75.7 Å². The summed E-state index contributed by atoms with van der Waals surface area (Å²) in [5.74, 6) is 0.0438. The first-order valence-corrected chi connectivity index (χ1v) is 12.5. The molecule has 2 atom stereocenters. The second-order valence-corrected chi connectivity index (χ2v) is 15.7. The lowest BCUT2D eigenvalue weighted by molar-refractivity contribution is -0.137. The van der Waals surface area contributed by atoms with E-state index in [4.69, 9.17) is 16.3 Å². The summed E-state index contributed by atoms with van der Waals surface area (Å²) >= 11 is 6.57. The normalized spacial score (nSPS) is 26.0. The van der Waals surface area contributed by atoms with Gasteiger partial charge in [0, 0.05) is 24.2 Å². The molecule has 3 nitrogen and oxygen atoms in total. The summed E-state index contributed by atoms with van der Waals surface area (Å²) < 4.78 is 6.42. The van der Waals surface area contributed by atoms with E-state index in [1.165, 1.54) is 0 Å². The van der Waals surface area contributed by atoms with Gasteiger partial charge in [0.25, 0.3) is 5.91 Å². The lowest BCUT2D eigenvalue weighted by atomic mass is 9.92. The quantitative estimate of drug-likeness (QED) is 0.588. The summed E-state index contributed by atoms with van der Waals surface area (Å²) in [4.78, 5) is 15.0. The van der Waals surface area contributed by atoms with Crippen LogP contribution in [0.15, 0.2) is 18.2 Å². The zero-order valence-corrected chi connectivity index (χ0v) is 18.9. The van der Waals surface area contributed by atoms with Crippen molar-refractivity contribution in [3.8, 4) is 0 Å². The molecule has 0 unspecified atom stereocenters. The number of benzene rings is 1. The molecular formula is C21H32ClNO2Si. The lowest BCUT2D eigenvalue weighted by Crippen LogP contribution is -2.49. The van der Waals surface area contributed by atoms with Gasteiger partial charge in [0.15, 0.2) is 5.60 Å². The Balaban J connectivity index is 2.10. The van der Waals surface area contributed by atoms with Crippen molar-refractivity contribution in [2.75, 3.05) is 18.6 Å². The summed E-state index contributed by atoms with van der Waals surface area (Å²) in [6.45, 7) is 14.9. The molecule has 2 aliphatic heterocycles. The fraction of sp³-hybridized carbons (Fsp3) is 0.667. The third-order valence-electron chi connectivity index (χ3n) is 7.18. The molecule has 1 saturated heterocycles. The van der Waals surface area contributed by atoms with Crippen LogP contribution in [0.5, 0.6) is 0 Å². The van der Waals surface area contributed by atoms with E-state index in [0.29, 0.717) is 33.8 Å². The molecule has 1 aromatic carbocycles. The number of hydrogen-bond acceptors (Lipinski definition) is 2. The van der Waals surface area contributed by atoms with Gasteiger partial charge in [-0.25, -0.2) is 0 Å². The Kier molecular flexibility index (Phi) is 5.09. The highest BCUT2D eigenvalue weighted by Crippen LogP contribution is 2.60. The van der Waals surface area contributed by atoms with Crippen molar-refractivity contribution >= 4 is 31.3 Å². The predicted octanol–water partition coefficient (Wildman–Crippen LogP) is 5.98. The first-order valence-electron chi connectivity index (χ1n) is 9.81. The minimum absolute atomic E-state index is 0.0438. The average molecular weight is 394 g/mol. The Morgan fingerprint density at radius 2 is 1.73 bits per heavy atom. The monoisotopic (exact) mass is 393 g/mol. The van der Waals surface area contributed by atoms with E-state index in [-0.39, 0.29) is 5.91 Å². The first-order chi connectivity index (χ1) is 12.1. The fourth-order valence-corrected chi connectivity index (χ4v) is 14.6. The zero-order chi connectivity index (χ0) is 19.4. The molecule has 0 saturated carbocycles. The van der Waals surface area contributed by atoms with Gasteiger partial charge in [0.05, 0.1) is 13.8 Å². The molecule has 2 heterocycles. The second kappa shape index (κ2) is 6.64. The van der Waals surface area contributed by atoms with Gasteiger partial charge in [0.2, 0.25) is 0 Å². The number of nitrogens with zero attached hydrogens (tertiary/aromatic N) is 1. The van der Waals surface area contributed by atoms with Crippen molar-refractivity contribution in [3.63, 3.8) is 0 Å². The lowest BCUT2D eigenvalue weighted by Gasteiger charge is -2.47. The maximum absolute atomic E-state index is 13.3. The molecule has 144 valence electrons. The summed E-state index contributed by atoms with van der Waals surface area (Å²) in [6, 6.07) is 5.76. The van der Waals surface area contributed by atoms with Crippen molar-refractivity contribution in [3.05, 3.63) is 28.8 Å². The number of hydrogen-bond donors (Lipinski definition) is 0. The van der Waals surface area contributed by atoms with Crippen LogP contribution in [-0.2, 0) is 15.1 Å². The number of fused-ring (bicyclic) bond motifs is 2. The van der Waals surface area contributed by atoms with Gasteiger partial charge in [-0.05, 0) is 24.1 Å². The molecule has 0 aliphatic carbocycles. The van der Waals surface area contributed by atoms with Crippen LogP contribution in [0.25, 0.3) is 0 Å². The first kappa shape index (κ1) is 19.9. The standard InChI is InChI=1S/C21H32ClNO2Si/c1-13(2)26(14(3)4,15(5)6)16-11-21(25-12-16)19-17(22)9-8-10-18(19)23(7)20(21)24/h8-10,13-16H,11-12H2,1-7H3/t16-,21+/m0/s1. The van der Waals surface area contributed by atoms with Gasteiger partial charge in [-0.15, -0.1) is 0 Å². The molecular weight excluding hydrogens is 362 g/mol. The average Bonchev–Trinajstić information content (AvgIpc) is 3.06. The van der Waals surface area contributed by atoms with Crippen LogP contribution >= 0.6 is 11.6 Å². The third kappa shape index (κ3) is 2.45. The number of carbonyl (C=O) groups excluding carboxylic acids is 1. The van der Waals surface area contributed by atoms with Gasteiger partial charge < -0.3 is 9.64 Å². The Hall–Kier alpha value is -0.843. The molecule has 1 spiro atoms. The zero-order valence-electron chi connectivity index (χ0n) is 17.1. The van der Waals surface area contributed by atoms with E-state index in [2.05, 4.69) is 41.5 Å². The number of anilines is 1. The smallest absolute Gasteiger partial charge is 0.263 e. The third-order valence-corrected chi connectivity index (χ3v) is 15.3. The largest absolute Gasteiger partial charge is 0.360 e. The molecule has 0 aromatic heterocycles. The Morgan fingerprint density at radius 1 is 1.15 bits per heavy atom. The maximum atomic E-state index is 13.3. The van der Waals surface area contributed by atoms with Crippen LogP contribution < -0.4 is 4.90 Å². The molecule has 0 N–H and O–H groups in total. The van der Waals surface area contributed by atoms with Crippen molar-refractivity contribution in [2.24, 2.45) is 0 Å². The Labute approximate surface area is 164 Å². The van der Waals surface area contributed by atoms with E-state index >= 15 is 0 Å². The van der Waals surface area contributed by atoms with Crippen molar-refractivity contribution in [1.82, 2.24) is 0 Å². The highest BCUT2D eigenvalue weighted by Gasteiger charge is 2.61. The molecule has 0 radical (unpaired) electrons. The molecule has 2 aliphatic rings. The van der Waals surface area contributed by atoms with Crippen molar-refractivity contribution < 1.29 is 9.53 Å². The van der Waals surface area contributed by atoms with E-state index in [9.17, 15) is 4.79 Å². The molecule has 3 rings (SSSR count). The highest BCUT2D eigenvalue weighted by atomic mass is 35.5. The van der Waals surface area contributed by atoms with Crippen LogP contribution in [0.3, 0.4) is 0 Å². The van der Waals surface area contributed by atoms with Crippen LogP contribution in [0.1, 0.15) is 53.5 Å². The summed E-state index contributed by atoms with van der Waals surface area (Å²) in [5, 5.41) is 0.645. The van der Waals surface area contributed by atoms with E-state index in [1.807, 2.05) is 25.2 Å². The molecule has 5 heteroatoms. The highest BCUT2D eigenvalue weighted by molar-refractivity contribution is 6.85. The Bertz CT molecular complexity index is 696. The van der Waals surface area contributed by atoms with Crippen molar-refractivity contribution in [1.29, 1.82) is 0 Å². The van der Waals surface area contributed by atoms with Crippen LogP contribution in [0.4, 0.5) is 5.69 Å². The Morgan fingerprint density at radius 3 is 2.27 bits per heavy atom. The number of halogens is 1. The van der Waals surface area contributed by atoms with E-state index in [0.717, 1.165) is 17.7 Å². The van der Waals surface area contributed by atoms with Gasteiger partial charge in [-0.2, -0.15) is 0 Å². The molecule has 26 heavy (non-hydrogen) atoms. The van der Waals surface area contributed by atoms with Gasteiger partial charge in [-0.3, -0.25) is 4.79 Å². The predicted molar refractivity (Wildman–Crippen MR) is 112 cm³/mol. The number of ether oxygens (including phenoxy) is 1.